The molecule has 0 aromatic heterocycles. The van der Waals surface area contributed by atoms with Gasteiger partial charge in [0.05, 0.1) is 0 Å². The second kappa shape index (κ2) is 6.90. The smallest absolute Gasteiger partial charge is 0.163 e. The molecular weight excluding hydrogens is 265 g/mol. The van der Waals surface area contributed by atoms with Crippen molar-refractivity contribution in [2.45, 2.75) is 18.9 Å². The predicted molar refractivity (Wildman–Crippen MR) is 72.9 cm³/mol. The maximum Gasteiger partial charge on any atom is 0.163 e. The number of nitrogens with one attached hydrogen (secondary N) is 1. The lowest BCUT2D eigenvalue weighted by Gasteiger charge is -2.35. The first kappa shape index (κ1) is 15.1. The molecule has 1 aromatic rings. The highest BCUT2D eigenvalue weighted by Crippen LogP contribution is 2.30. The normalized spacial score (nSPS) is 17.9. The van der Waals surface area contributed by atoms with Crippen molar-refractivity contribution >= 4 is 0 Å². The third kappa shape index (κ3) is 3.41. The van der Waals surface area contributed by atoms with Gasteiger partial charge in [0.2, 0.25) is 0 Å². The van der Waals surface area contributed by atoms with E-state index in [0.29, 0.717) is 18.9 Å². The molecule has 0 unspecified atom stereocenters. The van der Waals surface area contributed by atoms with E-state index in [1.165, 1.54) is 0 Å². The molecule has 5 heteroatoms. The molecule has 1 aliphatic rings. The number of benzene rings is 1. The molecule has 1 heterocycles. The van der Waals surface area contributed by atoms with E-state index in [9.17, 15) is 13.2 Å². The Bertz CT molecular complexity index is 470. The van der Waals surface area contributed by atoms with Crippen molar-refractivity contribution in [3.05, 3.63) is 47.8 Å². The molecule has 0 saturated carbocycles. The quantitative estimate of drug-likeness (QED) is 0.660. The molecular formula is C15H19F3N2. The fourth-order valence-electron chi connectivity index (χ4n) is 2.62. The molecule has 20 heavy (non-hydrogen) atoms. The van der Waals surface area contributed by atoms with Crippen LogP contribution in [-0.2, 0) is 0 Å². The highest BCUT2D eigenvalue weighted by Gasteiger charge is 2.26. The van der Waals surface area contributed by atoms with Crippen molar-refractivity contribution in [2.75, 3.05) is 26.2 Å². The maximum absolute atomic E-state index is 14.0. The monoisotopic (exact) mass is 284 g/mol. The lowest BCUT2D eigenvalue weighted by atomic mass is 9.98. The molecule has 1 aliphatic heterocycles. The number of hydrogen-bond donors (Lipinski definition) is 1. The SMILES string of the molecule is C=CCC[C@H](c1cc(F)cc(F)c1F)N1CCNCC1. The Kier molecular flexibility index (Phi) is 5.20. The van der Waals surface area contributed by atoms with Gasteiger partial charge < -0.3 is 5.32 Å². The van der Waals surface area contributed by atoms with Crippen LogP contribution in [0.25, 0.3) is 0 Å². The molecule has 1 aromatic carbocycles. The van der Waals surface area contributed by atoms with Gasteiger partial charge in [-0.25, -0.2) is 13.2 Å². The van der Waals surface area contributed by atoms with E-state index in [2.05, 4.69) is 16.8 Å². The minimum Gasteiger partial charge on any atom is -0.314 e. The Labute approximate surface area is 117 Å². The number of allylic oxidation sites excluding steroid dienone is 1. The lowest BCUT2D eigenvalue weighted by Crippen LogP contribution is -2.45. The molecule has 2 nitrogen and oxygen atoms in total. The van der Waals surface area contributed by atoms with Crippen molar-refractivity contribution in [3.8, 4) is 0 Å². The summed E-state index contributed by atoms with van der Waals surface area (Å²) in [4.78, 5) is 2.07. The third-order valence-corrected chi connectivity index (χ3v) is 3.62. The second-order valence-corrected chi connectivity index (χ2v) is 4.96. The molecule has 0 spiro atoms. The summed E-state index contributed by atoms with van der Waals surface area (Å²) in [6.45, 7) is 6.72. The third-order valence-electron chi connectivity index (χ3n) is 3.62. The Balaban J connectivity index is 2.31. The minimum atomic E-state index is -1.13. The predicted octanol–water partition coefficient (Wildman–Crippen LogP) is 3.02. The van der Waals surface area contributed by atoms with E-state index >= 15 is 0 Å². The summed E-state index contributed by atoms with van der Waals surface area (Å²) >= 11 is 0. The second-order valence-electron chi connectivity index (χ2n) is 4.96. The topological polar surface area (TPSA) is 15.3 Å². The Hall–Kier alpha value is -1.33. The molecule has 1 fully saturated rings. The van der Waals surface area contributed by atoms with Gasteiger partial charge in [-0.15, -0.1) is 6.58 Å². The van der Waals surface area contributed by atoms with Gasteiger partial charge in [-0.3, -0.25) is 4.90 Å². The number of halogens is 3. The van der Waals surface area contributed by atoms with E-state index in [4.69, 9.17) is 0 Å². The highest BCUT2D eigenvalue weighted by atomic mass is 19.2. The maximum atomic E-state index is 14.0. The van der Waals surface area contributed by atoms with Crippen molar-refractivity contribution in [2.24, 2.45) is 0 Å². The Morgan fingerprint density at radius 1 is 1.25 bits per heavy atom. The zero-order chi connectivity index (χ0) is 14.5. The number of hydrogen-bond acceptors (Lipinski definition) is 2. The molecule has 110 valence electrons. The van der Waals surface area contributed by atoms with E-state index < -0.39 is 17.5 Å². The lowest BCUT2D eigenvalue weighted by molar-refractivity contribution is 0.162. The Morgan fingerprint density at radius 3 is 2.60 bits per heavy atom. The number of rotatable bonds is 5. The average molecular weight is 284 g/mol. The van der Waals surface area contributed by atoms with Gasteiger partial charge in [0.1, 0.15) is 5.82 Å². The van der Waals surface area contributed by atoms with Gasteiger partial charge in [-0.05, 0) is 18.9 Å². The van der Waals surface area contributed by atoms with Crippen LogP contribution in [-0.4, -0.2) is 31.1 Å². The molecule has 0 radical (unpaired) electrons. The van der Waals surface area contributed by atoms with Gasteiger partial charge in [0, 0.05) is 43.9 Å². The van der Waals surface area contributed by atoms with Gasteiger partial charge in [0.25, 0.3) is 0 Å². The van der Waals surface area contributed by atoms with Crippen LogP contribution in [0.15, 0.2) is 24.8 Å². The largest absolute Gasteiger partial charge is 0.314 e. The average Bonchev–Trinajstić information content (AvgIpc) is 2.45. The summed E-state index contributed by atoms with van der Waals surface area (Å²) < 4.78 is 40.8. The van der Waals surface area contributed by atoms with Gasteiger partial charge in [-0.2, -0.15) is 0 Å². The highest BCUT2D eigenvalue weighted by molar-refractivity contribution is 5.24. The first-order valence-corrected chi connectivity index (χ1v) is 6.83. The van der Waals surface area contributed by atoms with E-state index in [-0.39, 0.29) is 11.6 Å². The molecule has 1 N–H and O–H groups in total. The van der Waals surface area contributed by atoms with Crippen LogP contribution in [0.5, 0.6) is 0 Å². The molecule has 2 rings (SSSR count). The van der Waals surface area contributed by atoms with Crippen molar-refractivity contribution in [1.29, 1.82) is 0 Å². The summed E-state index contributed by atoms with van der Waals surface area (Å²) in [5, 5.41) is 3.21. The van der Waals surface area contributed by atoms with E-state index in [0.717, 1.165) is 32.2 Å². The van der Waals surface area contributed by atoms with Crippen LogP contribution in [0, 0.1) is 17.5 Å². The Morgan fingerprint density at radius 2 is 1.95 bits per heavy atom. The van der Waals surface area contributed by atoms with Crippen LogP contribution in [0.1, 0.15) is 24.4 Å². The molecule has 0 aliphatic carbocycles. The fraction of sp³-hybridized carbons (Fsp3) is 0.467. The van der Waals surface area contributed by atoms with Crippen LogP contribution < -0.4 is 5.32 Å². The minimum absolute atomic E-state index is 0.103. The fourth-order valence-corrected chi connectivity index (χ4v) is 2.62. The zero-order valence-corrected chi connectivity index (χ0v) is 11.3. The first-order chi connectivity index (χ1) is 9.63. The zero-order valence-electron chi connectivity index (χ0n) is 11.3. The molecule has 1 saturated heterocycles. The number of piperazine rings is 1. The van der Waals surface area contributed by atoms with E-state index in [1.807, 2.05) is 0 Å². The molecule has 1 atom stereocenters. The number of nitrogens with zero attached hydrogens (tertiary/aromatic N) is 1. The van der Waals surface area contributed by atoms with Gasteiger partial charge in [0.15, 0.2) is 11.6 Å². The van der Waals surface area contributed by atoms with Crippen molar-refractivity contribution in [3.63, 3.8) is 0 Å². The van der Waals surface area contributed by atoms with E-state index in [1.54, 1.807) is 6.08 Å². The van der Waals surface area contributed by atoms with Crippen LogP contribution in [0.3, 0.4) is 0 Å². The summed E-state index contributed by atoms with van der Waals surface area (Å²) in [7, 11) is 0. The standard InChI is InChI=1S/C15H19F3N2/c1-2-3-4-14(20-7-5-19-6-8-20)12-9-11(16)10-13(17)15(12)18/h2,9-10,14,19H,1,3-8H2/t14-/m1/s1. The van der Waals surface area contributed by atoms with Gasteiger partial charge >= 0.3 is 0 Å². The van der Waals surface area contributed by atoms with Crippen molar-refractivity contribution in [1.82, 2.24) is 10.2 Å². The van der Waals surface area contributed by atoms with Gasteiger partial charge in [-0.1, -0.05) is 6.08 Å². The first-order valence-electron chi connectivity index (χ1n) is 6.83. The summed E-state index contributed by atoms with van der Waals surface area (Å²) in [6.07, 6.45) is 3.01. The summed E-state index contributed by atoms with van der Waals surface area (Å²) in [5.41, 5.74) is 0.103. The van der Waals surface area contributed by atoms with Crippen LogP contribution in [0.4, 0.5) is 13.2 Å². The summed E-state index contributed by atoms with van der Waals surface area (Å²) in [6, 6.07) is 1.37. The summed E-state index contributed by atoms with van der Waals surface area (Å²) in [5.74, 6) is -2.81. The molecule has 0 amide bonds. The van der Waals surface area contributed by atoms with Crippen LogP contribution >= 0.6 is 0 Å². The van der Waals surface area contributed by atoms with Crippen LogP contribution in [0.2, 0.25) is 0 Å². The van der Waals surface area contributed by atoms with Crippen molar-refractivity contribution < 1.29 is 13.2 Å². The molecule has 0 bridgehead atoms.